The molecule has 0 aromatic heterocycles. The maximum atomic E-state index is 11.1. The molecule has 0 heterocycles. The van der Waals surface area contributed by atoms with E-state index in [9.17, 15) is 4.79 Å². The first-order valence-electron chi connectivity index (χ1n) is 7.13. The fourth-order valence-electron chi connectivity index (χ4n) is 3.15. The predicted octanol–water partition coefficient (Wildman–Crippen LogP) is 2.66. The fourth-order valence-corrected chi connectivity index (χ4v) is 3.15. The van der Waals surface area contributed by atoms with Crippen LogP contribution >= 0.6 is 0 Å². The molecule has 98 valence electrons. The average Bonchev–Trinajstić information content (AvgIpc) is 3.08. The molecule has 2 aliphatic rings. The molecule has 0 spiro atoms. The van der Waals surface area contributed by atoms with Gasteiger partial charge < -0.3 is 10.4 Å². The van der Waals surface area contributed by atoms with Gasteiger partial charge in [-0.3, -0.25) is 4.79 Å². The van der Waals surface area contributed by atoms with Crippen LogP contribution in [0, 0.1) is 17.8 Å². The zero-order chi connectivity index (χ0) is 12.3. The standard InChI is InChI=1S/C14H25NO2/c1-10-3-2-4-11(9-10)7-8-15-13(14(16)17)12-5-6-12/h10-13,15H,2-9H2,1H3,(H,16,17). The molecule has 0 amide bonds. The second kappa shape index (κ2) is 5.85. The summed E-state index contributed by atoms with van der Waals surface area (Å²) in [6.45, 7) is 3.22. The Labute approximate surface area is 104 Å². The van der Waals surface area contributed by atoms with Crippen LogP contribution in [0.3, 0.4) is 0 Å². The van der Waals surface area contributed by atoms with E-state index in [1.165, 1.54) is 25.7 Å². The van der Waals surface area contributed by atoms with Crippen LogP contribution in [0.1, 0.15) is 51.9 Å². The number of hydrogen-bond donors (Lipinski definition) is 2. The van der Waals surface area contributed by atoms with Gasteiger partial charge >= 0.3 is 5.97 Å². The highest BCUT2D eigenvalue weighted by atomic mass is 16.4. The van der Waals surface area contributed by atoms with Gasteiger partial charge in [0.15, 0.2) is 0 Å². The SMILES string of the molecule is CC1CCCC(CCNC(C(=O)O)C2CC2)C1. The largest absolute Gasteiger partial charge is 0.480 e. The van der Waals surface area contributed by atoms with Gasteiger partial charge in [0.25, 0.3) is 0 Å². The Morgan fingerprint density at radius 1 is 1.35 bits per heavy atom. The Bertz CT molecular complexity index is 263. The summed E-state index contributed by atoms with van der Waals surface area (Å²) in [6.07, 6.45) is 8.74. The van der Waals surface area contributed by atoms with Gasteiger partial charge in [-0.15, -0.1) is 0 Å². The summed E-state index contributed by atoms with van der Waals surface area (Å²) in [5.74, 6) is 1.43. The van der Waals surface area contributed by atoms with Gasteiger partial charge in [0.05, 0.1) is 0 Å². The van der Waals surface area contributed by atoms with Gasteiger partial charge in [0.1, 0.15) is 6.04 Å². The van der Waals surface area contributed by atoms with Crippen LogP contribution in [-0.2, 0) is 4.79 Å². The second-order valence-corrected chi connectivity index (χ2v) is 6.03. The van der Waals surface area contributed by atoms with E-state index in [1.807, 2.05) is 0 Å². The van der Waals surface area contributed by atoms with E-state index in [2.05, 4.69) is 12.2 Å². The molecular weight excluding hydrogens is 214 g/mol. The van der Waals surface area contributed by atoms with E-state index >= 15 is 0 Å². The number of hydrogen-bond acceptors (Lipinski definition) is 2. The van der Waals surface area contributed by atoms with Crippen molar-refractivity contribution in [3.05, 3.63) is 0 Å². The van der Waals surface area contributed by atoms with Gasteiger partial charge in [-0.1, -0.05) is 26.2 Å². The van der Waals surface area contributed by atoms with Gasteiger partial charge in [-0.2, -0.15) is 0 Å². The Morgan fingerprint density at radius 2 is 2.12 bits per heavy atom. The quantitative estimate of drug-likeness (QED) is 0.749. The monoisotopic (exact) mass is 239 g/mol. The Kier molecular flexibility index (Phi) is 4.43. The molecule has 0 saturated heterocycles. The Hall–Kier alpha value is -0.570. The van der Waals surface area contributed by atoms with Crippen molar-refractivity contribution in [1.29, 1.82) is 0 Å². The number of carboxylic acids is 1. The van der Waals surface area contributed by atoms with Crippen LogP contribution in [-0.4, -0.2) is 23.7 Å². The highest BCUT2D eigenvalue weighted by Crippen LogP contribution is 2.33. The van der Waals surface area contributed by atoms with Crippen molar-refractivity contribution in [2.75, 3.05) is 6.54 Å². The summed E-state index contributed by atoms with van der Waals surface area (Å²) in [5.41, 5.74) is 0. The Balaban J connectivity index is 1.65. The van der Waals surface area contributed by atoms with Crippen LogP contribution in [0.25, 0.3) is 0 Å². The van der Waals surface area contributed by atoms with E-state index < -0.39 is 5.97 Å². The van der Waals surface area contributed by atoms with Gasteiger partial charge in [0.2, 0.25) is 0 Å². The third-order valence-electron chi connectivity index (χ3n) is 4.32. The lowest BCUT2D eigenvalue weighted by atomic mass is 9.81. The maximum absolute atomic E-state index is 11.1. The van der Waals surface area contributed by atoms with Crippen molar-refractivity contribution in [3.63, 3.8) is 0 Å². The highest BCUT2D eigenvalue weighted by molar-refractivity contribution is 5.74. The third kappa shape index (κ3) is 3.98. The molecule has 2 fully saturated rings. The van der Waals surface area contributed by atoms with E-state index in [1.54, 1.807) is 0 Å². The van der Waals surface area contributed by atoms with Crippen molar-refractivity contribution in [2.45, 2.75) is 57.9 Å². The molecule has 2 saturated carbocycles. The summed E-state index contributed by atoms with van der Waals surface area (Å²) >= 11 is 0. The first kappa shape index (κ1) is 12.9. The van der Waals surface area contributed by atoms with Gasteiger partial charge in [-0.25, -0.2) is 0 Å². The summed E-state index contributed by atoms with van der Waals surface area (Å²) in [5, 5.41) is 12.3. The van der Waals surface area contributed by atoms with E-state index in [0.29, 0.717) is 5.92 Å². The van der Waals surface area contributed by atoms with Crippen LogP contribution in [0.5, 0.6) is 0 Å². The zero-order valence-electron chi connectivity index (χ0n) is 10.8. The minimum absolute atomic E-state index is 0.281. The summed E-state index contributed by atoms with van der Waals surface area (Å²) < 4.78 is 0. The van der Waals surface area contributed by atoms with Crippen molar-refractivity contribution in [1.82, 2.24) is 5.32 Å². The van der Waals surface area contributed by atoms with Crippen LogP contribution in [0.4, 0.5) is 0 Å². The molecule has 0 radical (unpaired) electrons. The highest BCUT2D eigenvalue weighted by Gasteiger charge is 2.35. The molecule has 2 rings (SSSR count). The molecule has 17 heavy (non-hydrogen) atoms. The topological polar surface area (TPSA) is 49.3 Å². The molecule has 0 bridgehead atoms. The maximum Gasteiger partial charge on any atom is 0.320 e. The smallest absolute Gasteiger partial charge is 0.320 e. The lowest BCUT2D eigenvalue weighted by molar-refractivity contribution is -0.140. The lowest BCUT2D eigenvalue weighted by Gasteiger charge is -2.27. The van der Waals surface area contributed by atoms with E-state index in [0.717, 1.165) is 37.6 Å². The molecule has 2 N–H and O–H groups in total. The van der Waals surface area contributed by atoms with Crippen molar-refractivity contribution in [2.24, 2.45) is 17.8 Å². The van der Waals surface area contributed by atoms with E-state index in [-0.39, 0.29) is 6.04 Å². The van der Waals surface area contributed by atoms with Crippen LogP contribution in [0.2, 0.25) is 0 Å². The van der Waals surface area contributed by atoms with Crippen molar-refractivity contribution >= 4 is 5.97 Å². The molecule has 3 nitrogen and oxygen atoms in total. The number of aliphatic carboxylic acids is 1. The zero-order valence-corrected chi connectivity index (χ0v) is 10.8. The molecule has 0 aliphatic heterocycles. The van der Waals surface area contributed by atoms with Gasteiger partial charge in [0, 0.05) is 0 Å². The lowest BCUT2D eigenvalue weighted by Crippen LogP contribution is -2.39. The second-order valence-electron chi connectivity index (χ2n) is 6.03. The number of rotatable bonds is 6. The van der Waals surface area contributed by atoms with E-state index in [4.69, 9.17) is 5.11 Å². The minimum Gasteiger partial charge on any atom is -0.480 e. The first-order chi connectivity index (χ1) is 8.16. The predicted molar refractivity (Wildman–Crippen MR) is 67.9 cm³/mol. The molecule has 0 aromatic carbocycles. The van der Waals surface area contributed by atoms with Crippen LogP contribution < -0.4 is 5.32 Å². The fraction of sp³-hybridized carbons (Fsp3) is 0.929. The van der Waals surface area contributed by atoms with Crippen LogP contribution in [0.15, 0.2) is 0 Å². The molecule has 3 heteroatoms. The van der Waals surface area contributed by atoms with Crippen molar-refractivity contribution < 1.29 is 9.90 Å². The summed E-state index contributed by atoms with van der Waals surface area (Å²) in [7, 11) is 0. The minimum atomic E-state index is -0.662. The number of nitrogens with one attached hydrogen (secondary N) is 1. The molecule has 0 aromatic rings. The molecular formula is C14H25NO2. The average molecular weight is 239 g/mol. The first-order valence-corrected chi connectivity index (χ1v) is 7.13. The summed E-state index contributed by atoms with van der Waals surface area (Å²) in [6, 6.07) is -0.281. The number of carboxylic acid groups (broad SMARTS) is 1. The Morgan fingerprint density at radius 3 is 2.71 bits per heavy atom. The van der Waals surface area contributed by atoms with Gasteiger partial charge in [-0.05, 0) is 50.0 Å². The molecule has 3 unspecified atom stereocenters. The van der Waals surface area contributed by atoms with Crippen molar-refractivity contribution in [3.8, 4) is 0 Å². The normalized spacial score (nSPS) is 31.1. The molecule has 3 atom stereocenters. The number of carbonyl (C=O) groups is 1. The molecule has 2 aliphatic carbocycles. The third-order valence-corrected chi connectivity index (χ3v) is 4.32. The summed E-state index contributed by atoms with van der Waals surface area (Å²) in [4.78, 5) is 11.1.